The Kier molecular flexibility index (Phi) is 8.21. The van der Waals surface area contributed by atoms with E-state index in [1.807, 2.05) is 36.4 Å². The summed E-state index contributed by atoms with van der Waals surface area (Å²) in [5.41, 5.74) is 1.97. The van der Waals surface area contributed by atoms with Crippen molar-refractivity contribution < 1.29 is 13.9 Å². The second kappa shape index (κ2) is 11.5. The fourth-order valence-corrected chi connectivity index (χ4v) is 5.31. The Morgan fingerprint density at radius 2 is 1.82 bits per heavy atom. The van der Waals surface area contributed by atoms with Crippen molar-refractivity contribution in [1.82, 2.24) is 10.2 Å². The van der Waals surface area contributed by atoms with E-state index in [0.717, 1.165) is 43.9 Å². The fraction of sp³-hybridized carbons (Fsp3) is 0.519. The van der Waals surface area contributed by atoms with E-state index < -0.39 is 0 Å². The minimum absolute atomic E-state index is 0.141. The van der Waals surface area contributed by atoms with Crippen LogP contribution in [0.15, 0.2) is 48.5 Å². The van der Waals surface area contributed by atoms with E-state index in [-0.39, 0.29) is 17.9 Å². The van der Waals surface area contributed by atoms with Crippen LogP contribution in [0.1, 0.15) is 44.1 Å². The van der Waals surface area contributed by atoms with E-state index in [1.54, 1.807) is 19.2 Å². The van der Waals surface area contributed by atoms with E-state index in [1.165, 1.54) is 37.7 Å². The van der Waals surface area contributed by atoms with Crippen LogP contribution < -0.4 is 15.4 Å². The summed E-state index contributed by atoms with van der Waals surface area (Å²) in [6.45, 7) is 3.25. The van der Waals surface area contributed by atoms with Crippen molar-refractivity contribution in [2.45, 2.75) is 51.0 Å². The Hall–Kier alpha value is -2.60. The predicted octanol–water partition coefficient (Wildman–Crippen LogP) is 5.47. The molecule has 0 spiro atoms. The minimum atomic E-state index is -0.165. The lowest BCUT2D eigenvalue weighted by molar-refractivity contribution is 0.130. The first-order valence-corrected chi connectivity index (χ1v) is 12.3. The van der Waals surface area contributed by atoms with Crippen molar-refractivity contribution in [3.63, 3.8) is 0 Å². The summed E-state index contributed by atoms with van der Waals surface area (Å²) in [4.78, 5) is 15.2. The summed E-state index contributed by atoms with van der Waals surface area (Å²) >= 11 is 0. The highest BCUT2D eigenvalue weighted by Crippen LogP contribution is 2.28. The number of methoxy groups -OCH3 is 1. The van der Waals surface area contributed by atoms with Gasteiger partial charge in [0.2, 0.25) is 0 Å². The summed E-state index contributed by atoms with van der Waals surface area (Å²) in [5.74, 6) is 1.72. The number of ether oxygens (including phenoxy) is 1. The maximum absolute atomic E-state index is 13.1. The third-order valence-corrected chi connectivity index (χ3v) is 7.19. The number of benzene rings is 2. The van der Waals surface area contributed by atoms with Gasteiger partial charge in [-0.2, -0.15) is 0 Å². The van der Waals surface area contributed by atoms with Crippen LogP contribution in [0, 0.1) is 17.7 Å². The van der Waals surface area contributed by atoms with Crippen molar-refractivity contribution in [3.8, 4) is 5.75 Å². The average Bonchev–Trinajstić information content (AvgIpc) is 2.83. The molecule has 4 rings (SSSR count). The van der Waals surface area contributed by atoms with Crippen LogP contribution in [-0.4, -0.2) is 43.7 Å². The molecule has 2 aliphatic rings. The minimum Gasteiger partial charge on any atom is -0.497 e. The number of nitrogens with one attached hydrogen (secondary N) is 2. The lowest BCUT2D eigenvalue weighted by atomic mass is 9.83. The monoisotopic (exact) mass is 453 g/mol. The lowest BCUT2D eigenvalue weighted by Gasteiger charge is -2.39. The molecule has 1 saturated carbocycles. The van der Waals surface area contributed by atoms with E-state index in [9.17, 15) is 9.18 Å². The second-order valence-electron chi connectivity index (χ2n) is 9.56. The van der Waals surface area contributed by atoms with E-state index in [4.69, 9.17) is 4.74 Å². The highest BCUT2D eigenvalue weighted by molar-refractivity contribution is 5.89. The predicted molar refractivity (Wildman–Crippen MR) is 130 cm³/mol. The maximum Gasteiger partial charge on any atom is 0.319 e. The van der Waals surface area contributed by atoms with Gasteiger partial charge in [0.05, 0.1) is 7.11 Å². The molecule has 2 amide bonds. The molecule has 1 heterocycles. The normalized spacial score (nSPS) is 22.0. The molecule has 2 N–H and O–H groups in total. The number of amides is 2. The molecule has 1 aliphatic heterocycles. The zero-order valence-corrected chi connectivity index (χ0v) is 19.6. The number of nitrogens with zero attached hydrogens (tertiary/aromatic N) is 1. The molecule has 0 aromatic heterocycles. The quantitative estimate of drug-likeness (QED) is 0.585. The van der Waals surface area contributed by atoms with E-state index in [2.05, 4.69) is 15.5 Å². The third kappa shape index (κ3) is 6.94. The maximum atomic E-state index is 13.1. The molecule has 1 aliphatic carbocycles. The number of anilines is 1. The van der Waals surface area contributed by atoms with Crippen LogP contribution in [0.3, 0.4) is 0 Å². The zero-order valence-electron chi connectivity index (χ0n) is 19.6. The molecule has 0 bridgehead atoms. The van der Waals surface area contributed by atoms with Gasteiger partial charge in [0.25, 0.3) is 0 Å². The average molecular weight is 454 g/mol. The number of carbonyl (C=O) groups is 1. The smallest absolute Gasteiger partial charge is 0.319 e. The summed E-state index contributed by atoms with van der Waals surface area (Å²) in [7, 11) is 1.62. The van der Waals surface area contributed by atoms with Gasteiger partial charge < -0.3 is 20.3 Å². The van der Waals surface area contributed by atoms with Gasteiger partial charge in [0.1, 0.15) is 11.6 Å². The zero-order chi connectivity index (χ0) is 23.0. The number of rotatable bonds is 7. The number of likely N-dealkylation sites (tertiary alicyclic amines) is 1. The molecule has 2 aromatic carbocycles. The highest BCUT2D eigenvalue weighted by Gasteiger charge is 2.29. The Morgan fingerprint density at radius 1 is 1.06 bits per heavy atom. The van der Waals surface area contributed by atoms with Crippen LogP contribution in [0.5, 0.6) is 5.75 Å². The van der Waals surface area contributed by atoms with Crippen molar-refractivity contribution in [2.75, 3.05) is 32.1 Å². The number of hydrogen-bond donors (Lipinski definition) is 2. The molecule has 2 atom stereocenters. The van der Waals surface area contributed by atoms with Gasteiger partial charge in [-0.25, -0.2) is 9.18 Å². The van der Waals surface area contributed by atoms with Crippen LogP contribution in [0.25, 0.3) is 0 Å². The Balaban J connectivity index is 1.24. The number of carbonyl (C=O) groups excluding carboxylic acids is 1. The van der Waals surface area contributed by atoms with Gasteiger partial charge in [-0.1, -0.05) is 31.0 Å². The molecule has 5 nitrogen and oxygen atoms in total. The first kappa shape index (κ1) is 23.6. The summed E-state index contributed by atoms with van der Waals surface area (Å²) in [5, 5.41) is 6.20. The van der Waals surface area contributed by atoms with Crippen molar-refractivity contribution in [2.24, 2.45) is 11.8 Å². The van der Waals surface area contributed by atoms with E-state index in [0.29, 0.717) is 11.8 Å². The van der Waals surface area contributed by atoms with Gasteiger partial charge in [-0.3, -0.25) is 0 Å². The molecule has 33 heavy (non-hydrogen) atoms. The molecule has 6 heteroatoms. The van der Waals surface area contributed by atoms with Crippen LogP contribution >= 0.6 is 0 Å². The summed E-state index contributed by atoms with van der Waals surface area (Å²) in [6.07, 6.45) is 8.00. The number of halogens is 1. The van der Waals surface area contributed by atoms with Crippen molar-refractivity contribution in [3.05, 3.63) is 59.9 Å². The van der Waals surface area contributed by atoms with Gasteiger partial charge in [0, 0.05) is 24.3 Å². The third-order valence-electron chi connectivity index (χ3n) is 7.19. The van der Waals surface area contributed by atoms with Gasteiger partial charge >= 0.3 is 6.03 Å². The van der Waals surface area contributed by atoms with Crippen LogP contribution in [0.4, 0.5) is 14.9 Å². The summed E-state index contributed by atoms with van der Waals surface area (Å²) in [6, 6.07) is 14.5. The molecule has 178 valence electrons. The lowest BCUT2D eigenvalue weighted by Crippen LogP contribution is -2.48. The molecular weight excluding hydrogens is 417 g/mol. The Labute approximate surface area is 196 Å². The van der Waals surface area contributed by atoms with Gasteiger partial charge in [0.15, 0.2) is 0 Å². The molecule has 0 radical (unpaired) electrons. The number of hydrogen-bond acceptors (Lipinski definition) is 3. The SMILES string of the molecule is COc1cccc(NC(=O)N[C@@H]2CCCC[C@H]2CN2CCC(Cc3ccc(F)cc3)CC2)c1. The fourth-order valence-electron chi connectivity index (χ4n) is 5.31. The summed E-state index contributed by atoms with van der Waals surface area (Å²) < 4.78 is 18.4. The van der Waals surface area contributed by atoms with Crippen LogP contribution in [-0.2, 0) is 6.42 Å². The van der Waals surface area contributed by atoms with Crippen molar-refractivity contribution in [1.29, 1.82) is 0 Å². The largest absolute Gasteiger partial charge is 0.497 e. The first-order chi connectivity index (χ1) is 16.1. The second-order valence-corrected chi connectivity index (χ2v) is 9.56. The number of piperidine rings is 1. The van der Waals surface area contributed by atoms with E-state index >= 15 is 0 Å². The van der Waals surface area contributed by atoms with Crippen molar-refractivity contribution >= 4 is 11.7 Å². The molecule has 2 fully saturated rings. The van der Waals surface area contributed by atoms with Gasteiger partial charge in [-0.05, 0) is 86.9 Å². The standard InChI is InChI=1S/C27H36FN3O2/c1-33-25-7-4-6-24(18-25)29-27(32)30-26-8-3-2-5-22(26)19-31-15-13-21(14-16-31)17-20-9-11-23(28)12-10-20/h4,6-7,9-12,18,21-22,26H,2-3,5,8,13-17,19H2,1H3,(H2,29,30,32)/t22-,26+/m0/s1. The Morgan fingerprint density at radius 3 is 2.58 bits per heavy atom. The molecule has 1 saturated heterocycles. The topological polar surface area (TPSA) is 53.6 Å². The molecule has 2 aromatic rings. The highest BCUT2D eigenvalue weighted by atomic mass is 19.1. The molecular formula is C27H36FN3O2. The van der Waals surface area contributed by atoms with Gasteiger partial charge in [-0.15, -0.1) is 0 Å². The number of urea groups is 1. The molecule has 0 unspecified atom stereocenters. The first-order valence-electron chi connectivity index (χ1n) is 12.3. The Bertz CT molecular complexity index is 896. The van der Waals surface area contributed by atoms with Crippen LogP contribution in [0.2, 0.25) is 0 Å².